The van der Waals surface area contributed by atoms with E-state index in [0.717, 1.165) is 16.5 Å². The summed E-state index contributed by atoms with van der Waals surface area (Å²) in [5, 5.41) is 9.29. The van der Waals surface area contributed by atoms with Crippen molar-refractivity contribution in [1.29, 1.82) is 0 Å². The largest absolute Gasteiger partial charge is 0.285 e. The topological polar surface area (TPSA) is 30.2 Å². The Bertz CT molecular complexity index is 762. The van der Waals surface area contributed by atoms with Crippen LogP contribution in [-0.4, -0.2) is 14.6 Å². The quantitative estimate of drug-likeness (QED) is 0.718. The van der Waals surface area contributed by atoms with Crippen LogP contribution in [0.5, 0.6) is 0 Å². The molecule has 2 heterocycles. The lowest BCUT2D eigenvalue weighted by Crippen LogP contribution is -1.92. The van der Waals surface area contributed by atoms with E-state index < -0.39 is 0 Å². The van der Waals surface area contributed by atoms with Gasteiger partial charge < -0.3 is 0 Å². The Labute approximate surface area is 126 Å². The van der Waals surface area contributed by atoms with Gasteiger partial charge in [0.2, 0.25) is 0 Å². The molecule has 0 amide bonds. The molecule has 20 heavy (non-hydrogen) atoms. The molecule has 100 valence electrons. The number of rotatable bonds is 3. The Kier molecular flexibility index (Phi) is 2.93. The van der Waals surface area contributed by atoms with Gasteiger partial charge >= 0.3 is 0 Å². The lowest BCUT2D eigenvalue weighted by molar-refractivity contribution is 0.891. The Hall–Kier alpha value is -1.52. The molecule has 1 aliphatic carbocycles. The second-order valence-electron chi connectivity index (χ2n) is 4.98. The lowest BCUT2D eigenvalue weighted by Gasteiger charge is -2.04. The van der Waals surface area contributed by atoms with Crippen molar-refractivity contribution < 1.29 is 0 Å². The molecule has 0 radical (unpaired) electrons. The van der Waals surface area contributed by atoms with Crippen LogP contribution >= 0.6 is 23.4 Å². The fourth-order valence-electron chi connectivity index (χ4n) is 2.21. The molecular formula is C15H12ClN3S. The van der Waals surface area contributed by atoms with Crippen molar-refractivity contribution in [3.63, 3.8) is 0 Å². The van der Waals surface area contributed by atoms with Gasteiger partial charge in [-0.1, -0.05) is 23.4 Å². The summed E-state index contributed by atoms with van der Waals surface area (Å²) in [4.78, 5) is 2.36. The minimum atomic E-state index is 0.598. The number of hydrogen-bond acceptors (Lipinski definition) is 3. The van der Waals surface area contributed by atoms with Crippen LogP contribution in [0.2, 0.25) is 5.02 Å². The van der Waals surface area contributed by atoms with Crippen molar-refractivity contribution in [1.82, 2.24) is 14.6 Å². The van der Waals surface area contributed by atoms with Crippen LogP contribution in [0.4, 0.5) is 0 Å². The van der Waals surface area contributed by atoms with Crippen LogP contribution < -0.4 is 0 Å². The lowest BCUT2D eigenvalue weighted by atomic mass is 10.4. The molecule has 3 aromatic rings. The first kappa shape index (κ1) is 12.2. The van der Waals surface area contributed by atoms with Crippen LogP contribution in [0.3, 0.4) is 0 Å². The van der Waals surface area contributed by atoms with Gasteiger partial charge in [-0.3, -0.25) is 4.40 Å². The molecule has 1 aromatic carbocycles. The van der Waals surface area contributed by atoms with Gasteiger partial charge in [0.05, 0.1) is 0 Å². The molecule has 1 saturated carbocycles. The fraction of sp³-hybridized carbons (Fsp3) is 0.200. The van der Waals surface area contributed by atoms with Gasteiger partial charge in [-0.05, 0) is 49.2 Å². The number of halogens is 1. The summed E-state index contributed by atoms with van der Waals surface area (Å²) in [6.45, 7) is 0. The second kappa shape index (κ2) is 4.79. The van der Waals surface area contributed by atoms with Crippen molar-refractivity contribution in [3.05, 3.63) is 53.4 Å². The maximum atomic E-state index is 5.91. The molecule has 1 fully saturated rings. The molecule has 0 unspecified atom stereocenters. The smallest absolute Gasteiger partial charge is 0.160 e. The number of hydrogen-bond donors (Lipinski definition) is 0. The average Bonchev–Trinajstić information content (AvgIpc) is 3.22. The maximum Gasteiger partial charge on any atom is 0.160 e. The number of nitrogens with zero attached hydrogens (tertiary/aromatic N) is 3. The minimum Gasteiger partial charge on any atom is -0.285 e. The van der Waals surface area contributed by atoms with Crippen molar-refractivity contribution >= 4 is 29.0 Å². The van der Waals surface area contributed by atoms with Gasteiger partial charge in [0.25, 0.3) is 0 Å². The van der Waals surface area contributed by atoms with Gasteiger partial charge in [0, 0.05) is 26.9 Å². The third-order valence-electron chi connectivity index (χ3n) is 3.39. The highest BCUT2D eigenvalue weighted by atomic mass is 35.5. The third-order valence-corrected chi connectivity index (χ3v) is 4.63. The predicted molar refractivity (Wildman–Crippen MR) is 80.5 cm³/mol. The molecule has 1 aliphatic rings. The molecule has 0 N–H and O–H groups in total. The standard InChI is InChI=1S/C15H12ClN3S/c16-11-3-5-12(6-4-11)20-13-7-8-14-17-18-15(10-1-2-10)19(14)9-13/h3-10H,1-2H2. The zero-order valence-corrected chi connectivity index (χ0v) is 12.2. The normalized spacial score (nSPS) is 14.8. The molecule has 2 aromatic heterocycles. The molecular weight excluding hydrogens is 290 g/mol. The summed E-state index contributed by atoms with van der Waals surface area (Å²) in [5.74, 6) is 1.69. The van der Waals surface area contributed by atoms with Gasteiger partial charge in [0.1, 0.15) is 5.82 Å². The van der Waals surface area contributed by atoms with Gasteiger partial charge in [-0.2, -0.15) is 0 Å². The van der Waals surface area contributed by atoms with Crippen molar-refractivity contribution in [2.24, 2.45) is 0 Å². The molecule has 0 saturated heterocycles. The molecule has 0 aliphatic heterocycles. The summed E-state index contributed by atoms with van der Waals surface area (Å²) in [6.07, 6.45) is 4.59. The molecule has 4 rings (SSSR count). The van der Waals surface area contributed by atoms with E-state index in [2.05, 4.69) is 26.9 Å². The number of benzene rings is 1. The van der Waals surface area contributed by atoms with Gasteiger partial charge in [-0.25, -0.2) is 0 Å². The second-order valence-corrected chi connectivity index (χ2v) is 6.56. The first-order valence-electron chi connectivity index (χ1n) is 6.58. The highest BCUT2D eigenvalue weighted by molar-refractivity contribution is 7.99. The zero-order chi connectivity index (χ0) is 13.5. The number of aromatic nitrogens is 3. The maximum absolute atomic E-state index is 5.91. The highest BCUT2D eigenvalue weighted by Crippen LogP contribution is 2.39. The number of fused-ring (bicyclic) bond motifs is 1. The van der Waals surface area contributed by atoms with Crippen LogP contribution in [-0.2, 0) is 0 Å². The van der Waals surface area contributed by atoms with E-state index in [-0.39, 0.29) is 0 Å². The van der Waals surface area contributed by atoms with E-state index in [1.54, 1.807) is 11.8 Å². The zero-order valence-electron chi connectivity index (χ0n) is 10.7. The number of pyridine rings is 1. The Morgan fingerprint density at radius 3 is 2.50 bits per heavy atom. The van der Waals surface area contributed by atoms with E-state index in [9.17, 15) is 0 Å². The molecule has 0 bridgehead atoms. The molecule has 0 atom stereocenters. The van der Waals surface area contributed by atoms with Crippen LogP contribution in [0.25, 0.3) is 5.65 Å². The Morgan fingerprint density at radius 2 is 1.75 bits per heavy atom. The summed E-state index contributed by atoms with van der Waals surface area (Å²) < 4.78 is 2.12. The van der Waals surface area contributed by atoms with Crippen molar-refractivity contribution in [3.8, 4) is 0 Å². The van der Waals surface area contributed by atoms with Gasteiger partial charge in [-0.15, -0.1) is 10.2 Å². The summed E-state index contributed by atoms with van der Waals surface area (Å²) in [6, 6.07) is 12.0. The molecule has 3 nitrogen and oxygen atoms in total. The fourth-order valence-corrected chi connectivity index (χ4v) is 3.17. The van der Waals surface area contributed by atoms with Gasteiger partial charge in [0.15, 0.2) is 5.65 Å². The van der Waals surface area contributed by atoms with Crippen molar-refractivity contribution in [2.75, 3.05) is 0 Å². The third kappa shape index (κ3) is 2.30. The van der Waals surface area contributed by atoms with E-state index in [0.29, 0.717) is 5.92 Å². The summed E-state index contributed by atoms with van der Waals surface area (Å²) in [7, 11) is 0. The van der Waals surface area contributed by atoms with Crippen LogP contribution in [0.1, 0.15) is 24.6 Å². The van der Waals surface area contributed by atoms with E-state index in [1.165, 1.54) is 22.6 Å². The first-order valence-corrected chi connectivity index (χ1v) is 7.77. The minimum absolute atomic E-state index is 0.598. The van der Waals surface area contributed by atoms with Crippen molar-refractivity contribution in [2.45, 2.75) is 28.6 Å². The van der Waals surface area contributed by atoms with E-state index >= 15 is 0 Å². The highest BCUT2D eigenvalue weighted by Gasteiger charge is 2.28. The van der Waals surface area contributed by atoms with E-state index in [4.69, 9.17) is 11.6 Å². The summed E-state index contributed by atoms with van der Waals surface area (Å²) in [5.41, 5.74) is 0.923. The summed E-state index contributed by atoms with van der Waals surface area (Å²) >= 11 is 7.63. The molecule has 0 spiro atoms. The predicted octanol–water partition coefficient (Wildman–Crippen LogP) is 4.41. The van der Waals surface area contributed by atoms with Crippen LogP contribution in [0, 0.1) is 0 Å². The van der Waals surface area contributed by atoms with E-state index in [1.807, 2.05) is 30.3 Å². The van der Waals surface area contributed by atoms with Crippen LogP contribution in [0.15, 0.2) is 52.4 Å². The first-order chi connectivity index (χ1) is 9.79. The monoisotopic (exact) mass is 301 g/mol. The average molecular weight is 302 g/mol. The molecule has 5 heteroatoms. The Morgan fingerprint density at radius 1 is 1.00 bits per heavy atom. The Balaban J connectivity index is 1.69. The SMILES string of the molecule is Clc1ccc(Sc2ccc3nnc(C4CC4)n3c2)cc1.